The van der Waals surface area contributed by atoms with Crippen molar-refractivity contribution in [1.82, 2.24) is 0 Å². The van der Waals surface area contributed by atoms with Crippen LogP contribution >= 0.6 is 0 Å². The monoisotopic (exact) mass is 575 g/mol. The SMILES string of the molecule is CC.CC(C)CCC[C@@H](C)C1CC[C@H]2C(=O)CCCC12C.C[C@H](CCCC(C)(C)O)C1CC[C@H]2C(=O)CCCC12C. The highest BCUT2D eigenvalue weighted by atomic mass is 16.3. The Labute approximate surface area is 255 Å². The second-order valence-electron chi connectivity index (χ2n) is 16.1. The Bertz CT molecular complexity index is 809. The van der Waals surface area contributed by atoms with Crippen molar-refractivity contribution in [3.8, 4) is 0 Å². The molecular formula is C38H70O3. The van der Waals surface area contributed by atoms with Crippen molar-refractivity contribution in [2.75, 3.05) is 0 Å². The zero-order chi connectivity index (χ0) is 31.0. The van der Waals surface area contributed by atoms with E-state index >= 15 is 0 Å². The molecule has 0 aromatic heterocycles. The summed E-state index contributed by atoms with van der Waals surface area (Å²) >= 11 is 0. The molecule has 0 radical (unpaired) electrons. The van der Waals surface area contributed by atoms with Gasteiger partial charge >= 0.3 is 0 Å². The Morgan fingerprint density at radius 3 is 1.54 bits per heavy atom. The summed E-state index contributed by atoms with van der Waals surface area (Å²) in [5.41, 5.74) is 0.0682. The van der Waals surface area contributed by atoms with Crippen LogP contribution in [-0.2, 0) is 9.59 Å². The standard InChI is InChI=1S/C18H32O2.C18H32O.C2H6/c1-13(7-5-11-17(2,3)20)14-9-10-15-16(19)8-6-12-18(14,15)4;1-13(2)7-5-8-14(3)15-10-11-16-17(19)9-6-12-18(15,16)4;1-2/h13-15,20H,5-12H2,1-4H3;13-16H,5-12H2,1-4H3;1-2H3/t13-,14?,15+,18?;14-,15?,16+,18?;/m11./s1. The van der Waals surface area contributed by atoms with E-state index in [1.54, 1.807) is 0 Å². The number of ketones is 2. The average molecular weight is 575 g/mol. The van der Waals surface area contributed by atoms with Gasteiger partial charge in [0.2, 0.25) is 0 Å². The molecule has 0 heterocycles. The quantitative estimate of drug-likeness (QED) is 0.282. The fourth-order valence-corrected chi connectivity index (χ4v) is 9.92. The van der Waals surface area contributed by atoms with E-state index in [2.05, 4.69) is 41.5 Å². The van der Waals surface area contributed by atoms with Crippen LogP contribution in [0.5, 0.6) is 0 Å². The van der Waals surface area contributed by atoms with Gasteiger partial charge in [0.1, 0.15) is 11.6 Å². The van der Waals surface area contributed by atoms with Gasteiger partial charge in [-0.05, 0) is 112 Å². The molecule has 0 spiro atoms. The topological polar surface area (TPSA) is 54.4 Å². The van der Waals surface area contributed by atoms with Crippen LogP contribution in [0.4, 0.5) is 0 Å². The molecule has 8 atom stereocenters. The van der Waals surface area contributed by atoms with E-state index in [0.717, 1.165) is 62.7 Å². The Kier molecular flexibility index (Phi) is 14.1. The van der Waals surface area contributed by atoms with Crippen LogP contribution in [0.15, 0.2) is 0 Å². The van der Waals surface area contributed by atoms with Gasteiger partial charge in [0.05, 0.1) is 5.60 Å². The van der Waals surface area contributed by atoms with E-state index in [4.69, 9.17) is 0 Å². The summed E-state index contributed by atoms with van der Waals surface area (Å²) in [5.74, 6) is 5.67. The molecule has 0 aliphatic heterocycles. The fraction of sp³-hybridized carbons (Fsp3) is 0.947. The predicted molar refractivity (Wildman–Crippen MR) is 175 cm³/mol. The number of Topliss-reactive ketones (excluding diaryl/α,β-unsaturated/α-hetero) is 2. The lowest BCUT2D eigenvalue weighted by Crippen LogP contribution is -2.39. The van der Waals surface area contributed by atoms with Crippen LogP contribution in [-0.4, -0.2) is 22.3 Å². The van der Waals surface area contributed by atoms with E-state index < -0.39 is 5.60 Å². The second kappa shape index (κ2) is 15.9. The van der Waals surface area contributed by atoms with Crippen molar-refractivity contribution in [2.24, 2.45) is 52.3 Å². The highest BCUT2D eigenvalue weighted by molar-refractivity contribution is 5.83. The summed E-state index contributed by atoms with van der Waals surface area (Å²) in [6, 6.07) is 0. The van der Waals surface area contributed by atoms with Crippen LogP contribution in [0.3, 0.4) is 0 Å². The zero-order valence-electron chi connectivity index (χ0n) is 29.1. The minimum absolute atomic E-state index is 0.267. The molecule has 4 unspecified atom stereocenters. The summed E-state index contributed by atoms with van der Waals surface area (Å²) in [6.07, 6.45) is 18.5. The lowest BCUT2D eigenvalue weighted by Gasteiger charge is -2.42. The third-order valence-corrected chi connectivity index (χ3v) is 12.1. The number of carbonyl (C=O) groups excluding carboxylic acids is 2. The van der Waals surface area contributed by atoms with Crippen molar-refractivity contribution in [3.05, 3.63) is 0 Å². The minimum atomic E-state index is -0.539. The van der Waals surface area contributed by atoms with Gasteiger partial charge in [-0.15, -0.1) is 0 Å². The van der Waals surface area contributed by atoms with Gasteiger partial charge in [-0.1, -0.05) is 87.5 Å². The van der Waals surface area contributed by atoms with E-state index in [0.29, 0.717) is 40.7 Å². The maximum absolute atomic E-state index is 12.2. The molecule has 3 nitrogen and oxygen atoms in total. The smallest absolute Gasteiger partial charge is 0.136 e. The van der Waals surface area contributed by atoms with Crippen molar-refractivity contribution in [3.63, 3.8) is 0 Å². The maximum atomic E-state index is 12.2. The molecule has 0 aromatic rings. The molecule has 3 heteroatoms. The fourth-order valence-electron chi connectivity index (χ4n) is 9.92. The van der Waals surface area contributed by atoms with Gasteiger partial charge in [-0.25, -0.2) is 0 Å². The predicted octanol–water partition coefficient (Wildman–Crippen LogP) is 10.6. The van der Waals surface area contributed by atoms with E-state index in [1.165, 1.54) is 57.8 Å². The molecule has 4 aliphatic carbocycles. The number of carbonyl (C=O) groups is 2. The first-order valence-electron chi connectivity index (χ1n) is 18.0. The average Bonchev–Trinajstić information content (AvgIpc) is 3.43. The molecule has 4 saturated carbocycles. The van der Waals surface area contributed by atoms with Crippen molar-refractivity contribution < 1.29 is 14.7 Å². The summed E-state index contributed by atoms with van der Waals surface area (Å²) in [5, 5.41) is 9.82. The molecule has 0 saturated heterocycles. The van der Waals surface area contributed by atoms with E-state index in [-0.39, 0.29) is 5.41 Å². The van der Waals surface area contributed by atoms with Crippen LogP contribution in [0.1, 0.15) is 172 Å². The number of rotatable bonds is 10. The third-order valence-electron chi connectivity index (χ3n) is 12.1. The molecule has 0 aromatic carbocycles. The first-order chi connectivity index (χ1) is 19.2. The molecule has 4 fully saturated rings. The van der Waals surface area contributed by atoms with Gasteiger partial charge in [-0.3, -0.25) is 9.59 Å². The van der Waals surface area contributed by atoms with Gasteiger partial charge in [0, 0.05) is 24.7 Å². The number of fused-ring (bicyclic) bond motifs is 2. The highest BCUT2D eigenvalue weighted by Crippen LogP contribution is 2.58. The van der Waals surface area contributed by atoms with Crippen LogP contribution in [0.2, 0.25) is 0 Å². The Balaban J connectivity index is 0.000000271. The largest absolute Gasteiger partial charge is 0.390 e. The molecule has 4 rings (SSSR count). The van der Waals surface area contributed by atoms with E-state index in [1.807, 2.05) is 27.7 Å². The number of hydrogen-bond acceptors (Lipinski definition) is 3. The zero-order valence-corrected chi connectivity index (χ0v) is 29.1. The summed E-state index contributed by atoms with van der Waals surface area (Å²) in [7, 11) is 0. The summed E-state index contributed by atoms with van der Waals surface area (Å²) < 4.78 is 0. The third kappa shape index (κ3) is 9.39. The van der Waals surface area contributed by atoms with Crippen LogP contribution < -0.4 is 0 Å². The molecule has 4 aliphatic rings. The molecule has 0 amide bonds. The normalized spacial score (nSPS) is 34.6. The lowest BCUT2D eigenvalue weighted by molar-refractivity contribution is -0.130. The molecule has 0 bridgehead atoms. The highest BCUT2D eigenvalue weighted by Gasteiger charge is 2.53. The van der Waals surface area contributed by atoms with Gasteiger partial charge in [0.25, 0.3) is 0 Å². The van der Waals surface area contributed by atoms with Gasteiger partial charge in [-0.2, -0.15) is 0 Å². The van der Waals surface area contributed by atoms with Crippen molar-refractivity contribution in [1.29, 1.82) is 0 Å². The Morgan fingerprint density at radius 1 is 0.732 bits per heavy atom. The Hall–Kier alpha value is -0.700. The lowest BCUT2D eigenvalue weighted by atomic mass is 9.62. The van der Waals surface area contributed by atoms with Gasteiger partial charge < -0.3 is 5.11 Å². The second-order valence-corrected chi connectivity index (χ2v) is 16.1. The van der Waals surface area contributed by atoms with Crippen LogP contribution in [0, 0.1) is 52.3 Å². The number of hydrogen-bond donors (Lipinski definition) is 1. The first-order valence-corrected chi connectivity index (χ1v) is 18.0. The summed E-state index contributed by atoms with van der Waals surface area (Å²) in [6.45, 7) is 22.0. The molecular weight excluding hydrogens is 504 g/mol. The van der Waals surface area contributed by atoms with E-state index in [9.17, 15) is 14.7 Å². The number of aliphatic hydroxyl groups is 1. The summed E-state index contributed by atoms with van der Waals surface area (Å²) in [4.78, 5) is 24.3. The molecule has 41 heavy (non-hydrogen) atoms. The minimum Gasteiger partial charge on any atom is -0.390 e. The van der Waals surface area contributed by atoms with Crippen molar-refractivity contribution in [2.45, 2.75) is 178 Å². The van der Waals surface area contributed by atoms with Crippen molar-refractivity contribution >= 4 is 11.6 Å². The first kappa shape index (κ1) is 36.5. The Morgan fingerprint density at radius 2 is 1.15 bits per heavy atom. The van der Waals surface area contributed by atoms with Crippen LogP contribution in [0.25, 0.3) is 0 Å². The molecule has 1 N–H and O–H groups in total. The molecule has 240 valence electrons. The maximum Gasteiger partial charge on any atom is 0.136 e. The van der Waals surface area contributed by atoms with Gasteiger partial charge in [0.15, 0.2) is 0 Å².